The molecule has 4 heteroatoms. The zero-order chi connectivity index (χ0) is 12.1. The van der Waals surface area contributed by atoms with Crippen LogP contribution in [0.2, 0.25) is 0 Å². The van der Waals surface area contributed by atoms with E-state index >= 15 is 0 Å². The molecule has 0 aliphatic heterocycles. The predicted molar refractivity (Wildman–Crippen MR) is 66.8 cm³/mol. The van der Waals surface area contributed by atoms with Crippen LogP contribution in [-0.2, 0) is 17.8 Å². The standard InChI is InChI=1S/C13H15N3O/c14-10-12-6-2-1-5-11(12)9-13(17)15-16-7-3-4-8-16/h1-8H,9-10,14H2,(H,15,17). The minimum atomic E-state index is -0.0536. The lowest BCUT2D eigenvalue weighted by molar-refractivity contribution is -0.116. The average Bonchev–Trinajstić information content (AvgIpc) is 2.82. The largest absolute Gasteiger partial charge is 0.326 e. The van der Waals surface area contributed by atoms with E-state index in [0.29, 0.717) is 13.0 Å². The van der Waals surface area contributed by atoms with Gasteiger partial charge in [-0.25, -0.2) is 0 Å². The molecule has 1 aromatic heterocycles. The van der Waals surface area contributed by atoms with Crippen molar-refractivity contribution < 1.29 is 4.79 Å². The van der Waals surface area contributed by atoms with Gasteiger partial charge in [0, 0.05) is 18.9 Å². The van der Waals surface area contributed by atoms with Crippen LogP contribution in [0.25, 0.3) is 0 Å². The van der Waals surface area contributed by atoms with E-state index < -0.39 is 0 Å². The van der Waals surface area contributed by atoms with Gasteiger partial charge in [0.05, 0.1) is 6.42 Å². The zero-order valence-corrected chi connectivity index (χ0v) is 9.47. The number of hydrogen-bond donors (Lipinski definition) is 2. The third-order valence-electron chi connectivity index (χ3n) is 2.55. The Morgan fingerprint density at radius 2 is 1.76 bits per heavy atom. The fourth-order valence-corrected chi connectivity index (χ4v) is 1.69. The molecule has 88 valence electrons. The first-order chi connectivity index (χ1) is 8.29. The van der Waals surface area contributed by atoms with Crippen LogP contribution in [0.4, 0.5) is 0 Å². The van der Waals surface area contributed by atoms with Gasteiger partial charge in [-0.15, -0.1) is 0 Å². The van der Waals surface area contributed by atoms with Crippen LogP contribution < -0.4 is 11.2 Å². The molecular formula is C13H15N3O. The quantitative estimate of drug-likeness (QED) is 0.829. The van der Waals surface area contributed by atoms with Crippen molar-refractivity contribution >= 4 is 5.91 Å². The third-order valence-corrected chi connectivity index (χ3v) is 2.55. The van der Waals surface area contributed by atoms with E-state index in [1.807, 2.05) is 36.4 Å². The van der Waals surface area contributed by atoms with Gasteiger partial charge in [-0.3, -0.25) is 14.9 Å². The second-order valence-corrected chi connectivity index (χ2v) is 3.77. The number of nitrogens with one attached hydrogen (secondary N) is 1. The Bertz CT molecular complexity index is 491. The van der Waals surface area contributed by atoms with E-state index in [-0.39, 0.29) is 5.91 Å². The molecule has 0 fully saturated rings. The van der Waals surface area contributed by atoms with Crippen LogP contribution in [-0.4, -0.2) is 10.6 Å². The van der Waals surface area contributed by atoms with Crippen molar-refractivity contribution in [3.8, 4) is 0 Å². The van der Waals surface area contributed by atoms with Gasteiger partial charge in [0.2, 0.25) is 5.91 Å². The van der Waals surface area contributed by atoms with Crippen LogP contribution in [0.3, 0.4) is 0 Å². The maximum Gasteiger partial charge on any atom is 0.243 e. The fraction of sp³-hybridized carbons (Fsp3) is 0.154. The Labute approximate surface area is 100 Å². The summed E-state index contributed by atoms with van der Waals surface area (Å²) in [7, 11) is 0. The molecule has 0 bridgehead atoms. The Balaban J connectivity index is 2.03. The number of hydrogen-bond acceptors (Lipinski definition) is 2. The van der Waals surface area contributed by atoms with Gasteiger partial charge in [0.25, 0.3) is 0 Å². The topological polar surface area (TPSA) is 60.1 Å². The summed E-state index contributed by atoms with van der Waals surface area (Å²) in [4.78, 5) is 11.8. The lowest BCUT2D eigenvalue weighted by Crippen LogP contribution is -2.23. The first kappa shape index (κ1) is 11.4. The summed E-state index contributed by atoms with van der Waals surface area (Å²) in [6.07, 6.45) is 3.91. The number of aromatic nitrogens is 1. The first-order valence-corrected chi connectivity index (χ1v) is 5.49. The molecule has 0 aliphatic rings. The smallest absolute Gasteiger partial charge is 0.243 e. The van der Waals surface area contributed by atoms with Gasteiger partial charge in [-0.1, -0.05) is 24.3 Å². The van der Waals surface area contributed by atoms with Crippen molar-refractivity contribution in [3.05, 3.63) is 59.9 Å². The third kappa shape index (κ3) is 2.95. The predicted octanol–water partition coefficient (Wildman–Crippen LogP) is 1.26. The Kier molecular flexibility index (Phi) is 3.57. The number of amides is 1. The average molecular weight is 229 g/mol. The van der Waals surface area contributed by atoms with E-state index in [2.05, 4.69) is 5.43 Å². The monoisotopic (exact) mass is 229 g/mol. The van der Waals surface area contributed by atoms with Crippen molar-refractivity contribution in [1.29, 1.82) is 0 Å². The van der Waals surface area contributed by atoms with E-state index in [4.69, 9.17) is 5.73 Å². The van der Waals surface area contributed by atoms with Crippen LogP contribution in [0.5, 0.6) is 0 Å². The van der Waals surface area contributed by atoms with Gasteiger partial charge < -0.3 is 5.73 Å². The normalized spacial score (nSPS) is 10.2. The molecule has 0 radical (unpaired) electrons. The molecule has 0 unspecified atom stereocenters. The molecule has 2 rings (SSSR count). The number of rotatable bonds is 4. The molecule has 1 heterocycles. The second-order valence-electron chi connectivity index (χ2n) is 3.77. The van der Waals surface area contributed by atoms with Gasteiger partial charge in [-0.2, -0.15) is 0 Å². The number of nitrogens with zero attached hydrogens (tertiary/aromatic N) is 1. The first-order valence-electron chi connectivity index (χ1n) is 5.49. The van der Waals surface area contributed by atoms with Gasteiger partial charge in [-0.05, 0) is 23.3 Å². The van der Waals surface area contributed by atoms with Gasteiger partial charge in [0.15, 0.2) is 0 Å². The lowest BCUT2D eigenvalue weighted by atomic mass is 10.0. The summed E-state index contributed by atoms with van der Waals surface area (Å²) in [6, 6.07) is 11.4. The second kappa shape index (κ2) is 5.32. The molecule has 2 aromatic rings. The van der Waals surface area contributed by atoms with Crippen molar-refractivity contribution in [2.45, 2.75) is 13.0 Å². The van der Waals surface area contributed by atoms with Crippen molar-refractivity contribution in [1.82, 2.24) is 4.68 Å². The van der Waals surface area contributed by atoms with Gasteiger partial charge in [0.1, 0.15) is 0 Å². The summed E-state index contributed by atoms with van der Waals surface area (Å²) < 4.78 is 1.63. The van der Waals surface area contributed by atoms with E-state index in [1.165, 1.54) is 0 Å². The highest BCUT2D eigenvalue weighted by molar-refractivity contribution is 5.86. The van der Waals surface area contributed by atoms with E-state index in [1.54, 1.807) is 17.1 Å². The van der Waals surface area contributed by atoms with E-state index in [9.17, 15) is 4.79 Å². The van der Waals surface area contributed by atoms with Crippen LogP contribution >= 0.6 is 0 Å². The molecule has 17 heavy (non-hydrogen) atoms. The highest BCUT2D eigenvalue weighted by Gasteiger charge is 2.06. The summed E-state index contributed by atoms with van der Waals surface area (Å²) in [6.45, 7) is 0.451. The highest BCUT2D eigenvalue weighted by Crippen LogP contribution is 2.08. The molecular weight excluding hydrogens is 214 g/mol. The molecule has 3 N–H and O–H groups in total. The molecule has 0 atom stereocenters. The molecule has 0 saturated heterocycles. The minimum absolute atomic E-state index is 0.0536. The Morgan fingerprint density at radius 3 is 2.41 bits per heavy atom. The summed E-state index contributed by atoms with van der Waals surface area (Å²) >= 11 is 0. The van der Waals surface area contributed by atoms with Crippen LogP contribution in [0, 0.1) is 0 Å². The van der Waals surface area contributed by atoms with Crippen LogP contribution in [0.15, 0.2) is 48.8 Å². The van der Waals surface area contributed by atoms with Crippen molar-refractivity contribution in [3.63, 3.8) is 0 Å². The SMILES string of the molecule is NCc1ccccc1CC(=O)Nn1cccc1. The Hall–Kier alpha value is -2.07. The molecule has 0 spiro atoms. The van der Waals surface area contributed by atoms with E-state index in [0.717, 1.165) is 11.1 Å². The van der Waals surface area contributed by atoms with Crippen LogP contribution in [0.1, 0.15) is 11.1 Å². The summed E-state index contributed by atoms with van der Waals surface area (Å²) in [5, 5.41) is 0. The molecule has 0 aliphatic carbocycles. The summed E-state index contributed by atoms with van der Waals surface area (Å²) in [5.41, 5.74) is 10.4. The zero-order valence-electron chi connectivity index (χ0n) is 9.47. The van der Waals surface area contributed by atoms with Crippen molar-refractivity contribution in [2.24, 2.45) is 5.73 Å². The number of benzene rings is 1. The molecule has 4 nitrogen and oxygen atoms in total. The molecule has 1 amide bonds. The molecule has 1 aromatic carbocycles. The summed E-state index contributed by atoms with van der Waals surface area (Å²) in [5.74, 6) is -0.0536. The molecule has 0 saturated carbocycles. The minimum Gasteiger partial charge on any atom is -0.326 e. The maximum absolute atomic E-state index is 11.8. The van der Waals surface area contributed by atoms with Crippen molar-refractivity contribution in [2.75, 3.05) is 5.43 Å². The highest BCUT2D eigenvalue weighted by atomic mass is 16.2. The number of carbonyl (C=O) groups excluding carboxylic acids is 1. The Morgan fingerprint density at radius 1 is 1.12 bits per heavy atom. The lowest BCUT2D eigenvalue weighted by Gasteiger charge is -2.09. The fourth-order valence-electron chi connectivity index (χ4n) is 1.69. The number of carbonyl (C=O) groups is 1. The van der Waals surface area contributed by atoms with Gasteiger partial charge >= 0.3 is 0 Å². The maximum atomic E-state index is 11.8. The number of nitrogens with two attached hydrogens (primary N) is 1.